The Morgan fingerprint density at radius 2 is 1.60 bits per heavy atom. The van der Waals surface area contributed by atoms with Crippen LogP contribution in [-0.2, 0) is 9.59 Å². The zero-order valence-electron chi connectivity index (χ0n) is 26.9. The number of carbonyl (C=O) groups is 3. The summed E-state index contributed by atoms with van der Waals surface area (Å²) in [6.45, 7) is 3.58. The maximum absolute atomic E-state index is 15.0. The third kappa shape index (κ3) is 8.17. The van der Waals surface area contributed by atoms with Crippen LogP contribution in [0.4, 0.5) is 30.8 Å². The van der Waals surface area contributed by atoms with Gasteiger partial charge in [0.15, 0.2) is 0 Å². The first-order valence-electron chi connectivity index (χ1n) is 16.4. The number of amides is 4. The van der Waals surface area contributed by atoms with Crippen LogP contribution >= 0.6 is 0 Å². The van der Waals surface area contributed by atoms with Crippen molar-refractivity contribution in [3.05, 3.63) is 84.1 Å². The molecular formula is C36H40F2N6O4. The summed E-state index contributed by atoms with van der Waals surface area (Å²) >= 11 is 0. The number of ether oxygens (including phenoxy) is 1. The Bertz CT molecular complexity index is 1690. The molecule has 10 nitrogen and oxygen atoms in total. The molecule has 3 N–H and O–H groups in total. The minimum absolute atomic E-state index is 0.0994. The number of benzene rings is 2. The van der Waals surface area contributed by atoms with Gasteiger partial charge in [-0.05, 0) is 107 Å². The molecule has 0 radical (unpaired) electrons. The fraction of sp³-hybridized carbons (Fsp3) is 0.389. The molecule has 3 heterocycles. The zero-order valence-corrected chi connectivity index (χ0v) is 26.9. The topological polar surface area (TPSA) is 116 Å². The number of pyridine rings is 1. The first kappa shape index (κ1) is 33.1. The number of nitrogens with zero attached hydrogens (tertiary/aromatic N) is 3. The fourth-order valence-electron chi connectivity index (χ4n) is 6.15. The second kappa shape index (κ2) is 14.5. The Kier molecular flexibility index (Phi) is 10.00. The van der Waals surface area contributed by atoms with E-state index in [1.54, 1.807) is 22.6 Å². The lowest BCUT2D eigenvalue weighted by molar-refractivity contribution is -0.131. The van der Waals surface area contributed by atoms with Crippen molar-refractivity contribution in [3.8, 4) is 11.5 Å². The summed E-state index contributed by atoms with van der Waals surface area (Å²) in [6, 6.07) is 12.1. The van der Waals surface area contributed by atoms with Gasteiger partial charge in [-0.2, -0.15) is 0 Å². The molecule has 0 spiro atoms. The molecule has 3 aromatic rings. The number of rotatable bonds is 8. The van der Waals surface area contributed by atoms with Crippen molar-refractivity contribution in [1.82, 2.24) is 14.8 Å². The van der Waals surface area contributed by atoms with Crippen molar-refractivity contribution in [2.75, 3.05) is 49.2 Å². The van der Waals surface area contributed by atoms with Gasteiger partial charge in [0.2, 0.25) is 11.8 Å². The van der Waals surface area contributed by atoms with E-state index in [0.717, 1.165) is 44.8 Å². The van der Waals surface area contributed by atoms with Gasteiger partial charge in [-0.15, -0.1) is 0 Å². The summed E-state index contributed by atoms with van der Waals surface area (Å²) < 4.78 is 34.1. The van der Waals surface area contributed by atoms with Gasteiger partial charge in [-0.1, -0.05) is 11.6 Å². The number of nitrogens with one attached hydrogen (secondary N) is 3. The van der Waals surface area contributed by atoms with Crippen molar-refractivity contribution >= 4 is 35.0 Å². The number of aromatic nitrogens is 1. The molecule has 12 heteroatoms. The van der Waals surface area contributed by atoms with Gasteiger partial charge in [0, 0.05) is 43.7 Å². The lowest BCUT2D eigenvalue weighted by Crippen LogP contribution is -2.40. The number of hydrogen-bond donors (Lipinski definition) is 3. The molecule has 0 bridgehead atoms. The zero-order chi connectivity index (χ0) is 33.7. The van der Waals surface area contributed by atoms with E-state index >= 15 is 4.39 Å². The van der Waals surface area contributed by atoms with Gasteiger partial charge < -0.3 is 25.2 Å². The lowest BCUT2D eigenvalue weighted by atomic mass is 9.92. The Morgan fingerprint density at radius 3 is 2.33 bits per heavy atom. The van der Waals surface area contributed by atoms with Crippen molar-refractivity contribution in [1.29, 1.82) is 0 Å². The Labute approximate surface area is 278 Å². The molecule has 6 rings (SSSR count). The van der Waals surface area contributed by atoms with E-state index < -0.39 is 28.9 Å². The molecule has 4 amide bonds. The smallest absolute Gasteiger partial charge is 0.323 e. The summed E-state index contributed by atoms with van der Waals surface area (Å²) in [4.78, 5) is 47.2. The monoisotopic (exact) mass is 658 g/mol. The third-order valence-electron chi connectivity index (χ3n) is 9.26. The maximum atomic E-state index is 15.0. The van der Waals surface area contributed by atoms with Crippen molar-refractivity contribution < 1.29 is 27.9 Å². The first-order chi connectivity index (χ1) is 23.2. The summed E-state index contributed by atoms with van der Waals surface area (Å²) in [5.41, 5.74) is 0.474. The van der Waals surface area contributed by atoms with E-state index in [-0.39, 0.29) is 17.5 Å². The van der Waals surface area contributed by atoms with E-state index in [0.29, 0.717) is 49.1 Å². The summed E-state index contributed by atoms with van der Waals surface area (Å²) in [7, 11) is 2.17. The SMILES string of the molecule is CN1CCC/C(=C/C2CCN(C(=O)Nc3cc(Oc4ccc(NC(=O)C5(C(=O)Nc6ccc(F)cc6)CC5)c(F)c4)ccn3)CC2)CC1. The summed E-state index contributed by atoms with van der Waals surface area (Å²) in [5.74, 6) is -1.05. The Morgan fingerprint density at radius 1 is 0.875 bits per heavy atom. The van der Waals surface area contributed by atoms with E-state index in [2.05, 4.69) is 39.0 Å². The number of halogens is 2. The molecule has 252 valence electrons. The normalized spacial score (nSPS) is 18.9. The third-order valence-corrected chi connectivity index (χ3v) is 9.26. The number of likely N-dealkylation sites (tertiary alicyclic amines) is 2. The van der Waals surface area contributed by atoms with Crippen molar-refractivity contribution in [3.63, 3.8) is 0 Å². The van der Waals surface area contributed by atoms with E-state index in [1.807, 2.05) is 0 Å². The second-order valence-corrected chi connectivity index (χ2v) is 12.9. The average Bonchev–Trinajstić information content (AvgIpc) is 3.91. The summed E-state index contributed by atoms with van der Waals surface area (Å²) in [5, 5.41) is 7.98. The van der Waals surface area contributed by atoms with Crippen LogP contribution in [0.15, 0.2) is 72.4 Å². The van der Waals surface area contributed by atoms with E-state index in [4.69, 9.17) is 4.74 Å². The highest BCUT2D eigenvalue weighted by Gasteiger charge is 2.56. The standard InChI is InChI=1S/C36H40F2N6O4/c1-43-17-2-3-24(11-18-43)21-25-12-19-44(20-13-25)35(47)42-32-23-29(10-16-39-32)48-28-8-9-31(30(38)22-28)41-34(46)36(14-15-36)33(45)40-27-6-4-26(37)5-7-27/h4-10,16,21-23,25H,2-3,11-15,17-20H2,1H3,(H,40,45)(H,41,46)(H,39,42,47)/b24-21-. The van der Waals surface area contributed by atoms with Crippen molar-refractivity contribution in [2.45, 2.75) is 44.9 Å². The van der Waals surface area contributed by atoms with Gasteiger partial charge in [0.05, 0.1) is 5.69 Å². The number of carbonyl (C=O) groups excluding carboxylic acids is 3. The molecule has 48 heavy (non-hydrogen) atoms. The van der Waals surface area contributed by atoms with Crippen LogP contribution in [0.1, 0.15) is 44.9 Å². The Hall–Kier alpha value is -4.84. The largest absolute Gasteiger partial charge is 0.457 e. The molecule has 0 atom stereocenters. The second-order valence-electron chi connectivity index (χ2n) is 12.9. The van der Waals surface area contributed by atoms with Crippen molar-refractivity contribution in [2.24, 2.45) is 11.3 Å². The van der Waals surface area contributed by atoms with E-state index in [9.17, 15) is 18.8 Å². The molecule has 2 aromatic carbocycles. The number of anilines is 3. The van der Waals surface area contributed by atoms with Gasteiger partial charge in [0.25, 0.3) is 0 Å². The number of urea groups is 1. The molecule has 0 unspecified atom stereocenters. The van der Waals surface area contributed by atoms with Crippen LogP contribution < -0.4 is 20.7 Å². The molecule has 1 aromatic heterocycles. The summed E-state index contributed by atoms with van der Waals surface area (Å²) in [6.07, 6.45) is 9.88. The van der Waals surface area contributed by atoms with E-state index in [1.165, 1.54) is 49.0 Å². The van der Waals surface area contributed by atoms with Gasteiger partial charge in [-0.25, -0.2) is 18.6 Å². The molecule has 3 fully saturated rings. The number of allylic oxidation sites excluding steroid dienone is 1. The molecule has 3 aliphatic rings. The van der Waals surface area contributed by atoms with Gasteiger partial charge in [-0.3, -0.25) is 14.9 Å². The first-order valence-corrected chi connectivity index (χ1v) is 16.4. The highest BCUT2D eigenvalue weighted by atomic mass is 19.1. The lowest BCUT2D eigenvalue weighted by Gasteiger charge is -2.31. The maximum Gasteiger partial charge on any atom is 0.323 e. The predicted octanol–water partition coefficient (Wildman–Crippen LogP) is 6.80. The fourth-order valence-corrected chi connectivity index (χ4v) is 6.15. The average molecular weight is 659 g/mol. The molecule has 2 aliphatic heterocycles. The van der Waals surface area contributed by atoms with Crippen LogP contribution in [0.2, 0.25) is 0 Å². The highest BCUT2D eigenvalue weighted by molar-refractivity contribution is 6.16. The van der Waals surface area contributed by atoms with Crippen LogP contribution in [-0.4, -0.2) is 65.9 Å². The quantitative estimate of drug-likeness (QED) is 0.181. The molecular weight excluding hydrogens is 618 g/mol. The van der Waals surface area contributed by atoms with Gasteiger partial charge in [0.1, 0.15) is 34.4 Å². The molecule has 1 saturated carbocycles. The molecule has 1 aliphatic carbocycles. The van der Waals surface area contributed by atoms with Crippen LogP contribution in [0.25, 0.3) is 0 Å². The highest BCUT2D eigenvalue weighted by Crippen LogP contribution is 2.47. The minimum atomic E-state index is -1.33. The number of hydrogen-bond acceptors (Lipinski definition) is 6. The molecule has 2 saturated heterocycles. The Balaban J connectivity index is 0.997. The van der Waals surface area contributed by atoms with Crippen LogP contribution in [0.3, 0.4) is 0 Å². The minimum Gasteiger partial charge on any atom is -0.457 e. The van der Waals surface area contributed by atoms with Crippen LogP contribution in [0.5, 0.6) is 11.5 Å². The number of piperidine rings is 1. The van der Waals surface area contributed by atoms with Crippen LogP contribution in [0, 0.1) is 23.0 Å². The predicted molar refractivity (Wildman–Crippen MR) is 179 cm³/mol. The van der Waals surface area contributed by atoms with Gasteiger partial charge >= 0.3 is 6.03 Å².